The number of aromatic nitrogens is 3. The van der Waals surface area contributed by atoms with E-state index in [1.54, 1.807) is 49.2 Å². The van der Waals surface area contributed by atoms with Crippen molar-refractivity contribution >= 4 is 29.1 Å². The van der Waals surface area contributed by atoms with Gasteiger partial charge < -0.3 is 19.3 Å². The molecule has 0 unspecified atom stereocenters. The molecule has 1 aliphatic rings. The molecule has 3 heterocycles. The molecular weight excluding hydrogens is 432 g/mol. The minimum atomic E-state index is -0.782. The summed E-state index contributed by atoms with van der Waals surface area (Å²) in [6.45, 7) is 0.941. The summed E-state index contributed by atoms with van der Waals surface area (Å²) in [5, 5.41) is 11.5. The number of hydrogen-bond donors (Lipinski definition) is 1. The Balaban J connectivity index is 1.76. The number of aliphatic hydroxyl groups is 1. The predicted molar refractivity (Wildman–Crippen MR) is 118 cm³/mol. The van der Waals surface area contributed by atoms with Gasteiger partial charge in [-0.15, -0.1) is 0 Å². The van der Waals surface area contributed by atoms with E-state index in [0.29, 0.717) is 35.8 Å². The number of amides is 1. The first-order chi connectivity index (χ1) is 15.5. The molecule has 32 heavy (non-hydrogen) atoms. The molecule has 1 aliphatic heterocycles. The van der Waals surface area contributed by atoms with Crippen molar-refractivity contribution in [3.05, 3.63) is 83.2 Å². The van der Waals surface area contributed by atoms with Gasteiger partial charge >= 0.3 is 0 Å². The van der Waals surface area contributed by atoms with Gasteiger partial charge in [-0.2, -0.15) is 0 Å². The number of carbonyl (C=O) groups is 2. The molecule has 9 heteroatoms. The van der Waals surface area contributed by atoms with Crippen LogP contribution in [-0.4, -0.2) is 49.9 Å². The summed E-state index contributed by atoms with van der Waals surface area (Å²) in [5.41, 5.74) is 0.841. The SMILES string of the molecule is COc1ccc(Cl)cc1/C(O)=C1\C(=O)C(=O)N(CCCn2ccnc2)[C@H]1c1cccnc1. The van der Waals surface area contributed by atoms with E-state index in [9.17, 15) is 14.7 Å². The fourth-order valence-electron chi connectivity index (χ4n) is 3.85. The van der Waals surface area contributed by atoms with Crippen molar-refractivity contribution in [3.8, 4) is 5.75 Å². The summed E-state index contributed by atoms with van der Waals surface area (Å²) >= 11 is 6.12. The van der Waals surface area contributed by atoms with Gasteiger partial charge in [0.2, 0.25) is 0 Å². The number of benzene rings is 1. The first-order valence-electron chi connectivity index (χ1n) is 9.99. The summed E-state index contributed by atoms with van der Waals surface area (Å²) in [7, 11) is 1.45. The number of aliphatic hydroxyl groups excluding tert-OH is 1. The highest BCUT2D eigenvalue weighted by molar-refractivity contribution is 6.46. The third kappa shape index (κ3) is 4.09. The van der Waals surface area contributed by atoms with Gasteiger partial charge in [-0.25, -0.2) is 4.98 Å². The third-order valence-corrected chi connectivity index (χ3v) is 5.57. The van der Waals surface area contributed by atoms with Crippen molar-refractivity contribution in [2.45, 2.75) is 19.0 Å². The zero-order chi connectivity index (χ0) is 22.7. The fraction of sp³-hybridized carbons (Fsp3) is 0.217. The molecule has 164 valence electrons. The lowest BCUT2D eigenvalue weighted by molar-refractivity contribution is -0.139. The molecule has 1 aromatic carbocycles. The number of methoxy groups -OCH3 is 1. The number of likely N-dealkylation sites (tertiary alicyclic amines) is 1. The Labute approximate surface area is 189 Å². The Morgan fingerprint density at radius 1 is 1.19 bits per heavy atom. The zero-order valence-corrected chi connectivity index (χ0v) is 18.1. The lowest BCUT2D eigenvalue weighted by atomic mass is 9.96. The molecule has 0 bridgehead atoms. The summed E-state index contributed by atoms with van der Waals surface area (Å²) in [6.07, 6.45) is 8.99. The van der Waals surface area contributed by atoms with Crippen LogP contribution in [0.3, 0.4) is 0 Å². The summed E-state index contributed by atoms with van der Waals surface area (Å²) < 4.78 is 7.23. The van der Waals surface area contributed by atoms with Crippen LogP contribution in [0, 0.1) is 0 Å². The number of rotatable bonds is 7. The highest BCUT2D eigenvalue weighted by Crippen LogP contribution is 2.41. The van der Waals surface area contributed by atoms with Crippen LogP contribution >= 0.6 is 11.6 Å². The minimum absolute atomic E-state index is 0.0220. The second-order valence-corrected chi connectivity index (χ2v) is 7.71. The van der Waals surface area contributed by atoms with Crippen molar-refractivity contribution in [3.63, 3.8) is 0 Å². The van der Waals surface area contributed by atoms with Crippen molar-refractivity contribution in [1.82, 2.24) is 19.4 Å². The maximum atomic E-state index is 13.1. The van der Waals surface area contributed by atoms with Crippen molar-refractivity contribution in [1.29, 1.82) is 0 Å². The Morgan fingerprint density at radius 3 is 2.72 bits per heavy atom. The normalized spacial score (nSPS) is 17.7. The number of hydrogen-bond acceptors (Lipinski definition) is 6. The summed E-state index contributed by atoms with van der Waals surface area (Å²) in [6, 6.07) is 7.43. The summed E-state index contributed by atoms with van der Waals surface area (Å²) in [4.78, 5) is 35.7. The predicted octanol–water partition coefficient (Wildman–Crippen LogP) is 3.45. The van der Waals surface area contributed by atoms with E-state index in [0.717, 1.165) is 0 Å². The lowest BCUT2D eigenvalue weighted by Crippen LogP contribution is -2.31. The Morgan fingerprint density at radius 2 is 2.03 bits per heavy atom. The van der Waals surface area contributed by atoms with E-state index in [-0.39, 0.29) is 16.9 Å². The van der Waals surface area contributed by atoms with Gasteiger partial charge in [0.25, 0.3) is 11.7 Å². The quantitative estimate of drug-likeness (QED) is 0.335. The van der Waals surface area contributed by atoms with Gasteiger partial charge in [-0.3, -0.25) is 14.6 Å². The number of ether oxygens (including phenoxy) is 1. The number of aryl methyl sites for hydroxylation is 1. The number of Topliss-reactive ketones (excluding diaryl/α,β-unsaturated/α-hetero) is 1. The second kappa shape index (κ2) is 9.23. The Bertz CT molecular complexity index is 1160. The van der Waals surface area contributed by atoms with Crippen LogP contribution in [0.2, 0.25) is 5.02 Å². The maximum Gasteiger partial charge on any atom is 0.295 e. The fourth-order valence-corrected chi connectivity index (χ4v) is 4.02. The van der Waals surface area contributed by atoms with Gasteiger partial charge in [0.15, 0.2) is 0 Å². The molecule has 1 fully saturated rings. The molecule has 0 aliphatic carbocycles. The van der Waals surface area contributed by atoms with Gasteiger partial charge in [-0.05, 0) is 36.2 Å². The smallest absolute Gasteiger partial charge is 0.295 e. The highest BCUT2D eigenvalue weighted by atomic mass is 35.5. The average molecular weight is 453 g/mol. The van der Waals surface area contributed by atoms with Crippen LogP contribution < -0.4 is 4.74 Å². The first-order valence-corrected chi connectivity index (χ1v) is 10.4. The minimum Gasteiger partial charge on any atom is -0.507 e. The topological polar surface area (TPSA) is 97.6 Å². The number of ketones is 1. The van der Waals surface area contributed by atoms with Crippen LogP contribution in [0.25, 0.3) is 5.76 Å². The van der Waals surface area contributed by atoms with Crippen molar-refractivity contribution < 1.29 is 19.4 Å². The lowest BCUT2D eigenvalue weighted by Gasteiger charge is -2.25. The molecule has 2 aromatic heterocycles. The highest BCUT2D eigenvalue weighted by Gasteiger charge is 2.46. The largest absolute Gasteiger partial charge is 0.507 e. The molecule has 1 atom stereocenters. The number of nitrogens with zero attached hydrogens (tertiary/aromatic N) is 4. The van der Waals surface area contributed by atoms with Crippen molar-refractivity contribution in [2.24, 2.45) is 0 Å². The molecule has 8 nitrogen and oxygen atoms in total. The summed E-state index contributed by atoms with van der Waals surface area (Å²) in [5.74, 6) is -1.44. The van der Waals surface area contributed by atoms with Crippen molar-refractivity contribution in [2.75, 3.05) is 13.7 Å². The van der Waals surface area contributed by atoms with Crippen LogP contribution in [-0.2, 0) is 16.1 Å². The van der Waals surface area contributed by atoms with E-state index in [1.807, 2.05) is 10.8 Å². The van der Waals surface area contributed by atoms with Gasteiger partial charge in [0, 0.05) is 42.9 Å². The molecule has 3 aromatic rings. The van der Waals surface area contributed by atoms with E-state index >= 15 is 0 Å². The first kappa shape index (κ1) is 21.6. The van der Waals surface area contributed by atoms with E-state index in [2.05, 4.69) is 9.97 Å². The van der Waals surface area contributed by atoms with Crippen LogP contribution in [0.5, 0.6) is 5.75 Å². The van der Waals surface area contributed by atoms with E-state index in [1.165, 1.54) is 18.1 Å². The number of imidazole rings is 1. The number of halogens is 1. The van der Waals surface area contributed by atoms with Crippen LogP contribution in [0.15, 0.2) is 67.0 Å². The Kier molecular flexibility index (Phi) is 6.23. The molecule has 0 saturated carbocycles. The number of pyridine rings is 1. The average Bonchev–Trinajstić information content (AvgIpc) is 3.41. The molecule has 0 spiro atoms. The zero-order valence-electron chi connectivity index (χ0n) is 17.3. The van der Waals surface area contributed by atoms with Gasteiger partial charge in [0.05, 0.1) is 30.6 Å². The maximum absolute atomic E-state index is 13.1. The van der Waals surface area contributed by atoms with E-state index in [4.69, 9.17) is 16.3 Å². The van der Waals surface area contributed by atoms with Gasteiger partial charge in [0.1, 0.15) is 11.5 Å². The third-order valence-electron chi connectivity index (χ3n) is 5.33. The Hall–Kier alpha value is -3.65. The second-order valence-electron chi connectivity index (χ2n) is 7.28. The molecular formula is C23H21ClN4O4. The monoisotopic (exact) mass is 452 g/mol. The van der Waals surface area contributed by atoms with E-state index < -0.39 is 17.7 Å². The standard InChI is InChI=1S/C23H21ClN4O4/c1-32-18-6-5-16(24)12-17(18)21(29)19-20(15-4-2-7-25-13-15)28(23(31)22(19)30)10-3-9-27-11-8-26-14-27/h2,4-8,11-14,20,29H,3,9-10H2,1H3/b21-19+/t20-/m0/s1. The molecule has 0 radical (unpaired) electrons. The van der Waals surface area contributed by atoms with Crippen LogP contribution in [0.1, 0.15) is 23.6 Å². The molecule has 1 N–H and O–H groups in total. The molecule has 1 amide bonds. The van der Waals surface area contributed by atoms with Gasteiger partial charge in [-0.1, -0.05) is 17.7 Å². The van der Waals surface area contributed by atoms with Crippen LogP contribution in [0.4, 0.5) is 0 Å². The number of carbonyl (C=O) groups excluding carboxylic acids is 2. The molecule has 4 rings (SSSR count). The molecule has 1 saturated heterocycles.